The Kier molecular flexibility index (Phi) is 4.90. The summed E-state index contributed by atoms with van der Waals surface area (Å²) >= 11 is 13.6. The lowest BCUT2D eigenvalue weighted by atomic mass is 9.68. The molecule has 0 saturated carbocycles. The van der Waals surface area contributed by atoms with E-state index in [1.807, 2.05) is 0 Å². The zero-order valence-corrected chi connectivity index (χ0v) is 15.8. The standard InChI is InChI=1S/C19H19Cl2NO4/c1-3-12-8-9-18(20)16(24)22(2)17(25)19(18,21)15(12)13-6-4-5-7-14(13)26-11-10-23/h3-8,15,23H,1,9-11H2,2H3. The molecule has 3 unspecified atom stereocenters. The molecule has 1 aromatic carbocycles. The number of carbonyl (C=O) groups is 2. The molecule has 1 aliphatic heterocycles. The number of rotatable bonds is 5. The number of carbonyl (C=O) groups excluding carboxylic acids is 2. The van der Waals surface area contributed by atoms with Gasteiger partial charge in [0.25, 0.3) is 11.8 Å². The molecule has 1 heterocycles. The van der Waals surface area contributed by atoms with Gasteiger partial charge >= 0.3 is 0 Å². The van der Waals surface area contributed by atoms with Crippen molar-refractivity contribution in [3.63, 3.8) is 0 Å². The van der Waals surface area contributed by atoms with E-state index in [9.17, 15) is 9.59 Å². The lowest BCUT2D eigenvalue weighted by molar-refractivity contribution is -0.137. The van der Waals surface area contributed by atoms with Gasteiger partial charge in [0, 0.05) is 18.5 Å². The van der Waals surface area contributed by atoms with E-state index in [-0.39, 0.29) is 19.6 Å². The first-order chi connectivity index (χ1) is 12.3. The first kappa shape index (κ1) is 19.0. The number of aliphatic hydroxyl groups excluding tert-OH is 1. The highest BCUT2D eigenvalue weighted by molar-refractivity contribution is 6.53. The molecule has 1 aromatic rings. The van der Waals surface area contributed by atoms with Crippen molar-refractivity contribution in [3.05, 3.63) is 54.1 Å². The van der Waals surface area contributed by atoms with Crippen LogP contribution < -0.4 is 4.74 Å². The van der Waals surface area contributed by atoms with Crippen molar-refractivity contribution >= 4 is 35.0 Å². The molecule has 7 heteroatoms. The molecule has 5 nitrogen and oxygen atoms in total. The number of hydrogen-bond donors (Lipinski definition) is 1. The molecule has 1 saturated heterocycles. The number of imide groups is 1. The van der Waals surface area contributed by atoms with Crippen molar-refractivity contribution in [1.82, 2.24) is 4.90 Å². The third-order valence-corrected chi connectivity index (χ3v) is 6.41. The maximum absolute atomic E-state index is 13.0. The van der Waals surface area contributed by atoms with Gasteiger partial charge in [0.1, 0.15) is 12.4 Å². The summed E-state index contributed by atoms with van der Waals surface area (Å²) in [7, 11) is 1.38. The number of likely N-dealkylation sites (tertiary alicyclic amines) is 1. The van der Waals surface area contributed by atoms with Crippen molar-refractivity contribution in [2.45, 2.75) is 22.1 Å². The van der Waals surface area contributed by atoms with Crippen LogP contribution in [0.4, 0.5) is 0 Å². The summed E-state index contributed by atoms with van der Waals surface area (Å²) < 4.78 is 5.62. The predicted molar refractivity (Wildman–Crippen MR) is 99.6 cm³/mol. The summed E-state index contributed by atoms with van der Waals surface area (Å²) in [6, 6.07) is 7.06. The smallest absolute Gasteiger partial charge is 0.253 e. The Morgan fingerprint density at radius 3 is 2.69 bits per heavy atom. The van der Waals surface area contributed by atoms with Crippen LogP contribution in [0, 0.1) is 0 Å². The summed E-state index contributed by atoms with van der Waals surface area (Å²) in [5.41, 5.74) is 1.32. The number of benzene rings is 1. The van der Waals surface area contributed by atoms with E-state index in [0.717, 1.165) is 4.90 Å². The molecule has 1 N–H and O–H groups in total. The minimum Gasteiger partial charge on any atom is -0.491 e. The molecule has 138 valence electrons. The Morgan fingerprint density at radius 2 is 2.04 bits per heavy atom. The van der Waals surface area contributed by atoms with Gasteiger partial charge in [-0.05, 0) is 18.1 Å². The molecule has 1 fully saturated rings. The molecule has 2 aliphatic rings. The van der Waals surface area contributed by atoms with Gasteiger partial charge < -0.3 is 9.84 Å². The lowest BCUT2D eigenvalue weighted by Gasteiger charge is -2.42. The number of nitrogens with zero attached hydrogens (tertiary/aromatic N) is 1. The lowest BCUT2D eigenvalue weighted by Crippen LogP contribution is -2.55. The Bertz CT molecular complexity index is 808. The summed E-state index contributed by atoms with van der Waals surface area (Å²) in [5.74, 6) is -1.31. The van der Waals surface area contributed by atoms with Crippen molar-refractivity contribution < 1.29 is 19.4 Å². The van der Waals surface area contributed by atoms with Gasteiger partial charge in [-0.2, -0.15) is 0 Å². The van der Waals surface area contributed by atoms with Crippen LogP contribution in [0.2, 0.25) is 0 Å². The van der Waals surface area contributed by atoms with Crippen molar-refractivity contribution in [1.29, 1.82) is 0 Å². The van der Waals surface area contributed by atoms with E-state index in [1.165, 1.54) is 7.05 Å². The second kappa shape index (κ2) is 6.72. The zero-order valence-electron chi connectivity index (χ0n) is 14.2. The van der Waals surface area contributed by atoms with Crippen LogP contribution in [0.5, 0.6) is 5.75 Å². The van der Waals surface area contributed by atoms with Crippen LogP contribution in [0.25, 0.3) is 0 Å². The number of amides is 2. The molecule has 3 atom stereocenters. The van der Waals surface area contributed by atoms with Crippen LogP contribution in [-0.2, 0) is 9.59 Å². The van der Waals surface area contributed by atoms with Crippen LogP contribution in [0.1, 0.15) is 17.9 Å². The van der Waals surface area contributed by atoms with Crippen molar-refractivity contribution in [2.24, 2.45) is 0 Å². The number of para-hydroxylation sites is 1. The molecule has 0 spiro atoms. The van der Waals surface area contributed by atoms with Gasteiger partial charge in [-0.15, -0.1) is 23.2 Å². The van der Waals surface area contributed by atoms with Crippen LogP contribution in [0.15, 0.2) is 48.6 Å². The second-order valence-corrected chi connectivity index (χ2v) is 7.58. The molecule has 0 bridgehead atoms. The van der Waals surface area contributed by atoms with Crippen LogP contribution >= 0.6 is 23.2 Å². The molecule has 0 radical (unpaired) electrons. The quantitative estimate of drug-likeness (QED) is 0.614. The van der Waals surface area contributed by atoms with E-state index in [1.54, 1.807) is 36.4 Å². The van der Waals surface area contributed by atoms with E-state index in [4.69, 9.17) is 33.0 Å². The van der Waals surface area contributed by atoms with E-state index in [0.29, 0.717) is 16.9 Å². The second-order valence-electron chi connectivity index (χ2n) is 6.34. The first-order valence-corrected chi connectivity index (χ1v) is 8.94. The summed E-state index contributed by atoms with van der Waals surface area (Å²) in [5, 5.41) is 9.08. The van der Waals surface area contributed by atoms with Gasteiger partial charge in [-0.3, -0.25) is 14.5 Å². The number of fused-ring (bicyclic) bond motifs is 1. The van der Waals surface area contributed by atoms with Crippen molar-refractivity contribution in [2.75, 3.05) is 20.3 Å². The Morgan fingerprint density at radius 1 is 1.35 bits per heavy atom. The highest BCUT2D eigenvalue weighted by Crippen LogP contribution is 2.59. The zero-order chi connectivity index (χ0) is 19.1. The number of ether oxygens (including phenoxy) is 1. The maximum Gasteiger partial charge on any atom is 0.253 e. The van der Waals surface area contributed by atoms with Crippen molar-refractivity contribution in [3.8, 4) is 5.75 Å². The number of aliphatic hydroxyl groups is 1. The summed E-state index contributed by atoms with van der Waals surface area (Å²) in [6.45, 7) is 3.75. The van der Waals surface area contributed by atoms with E-state index < -0.39 is 27.5 Å². The fourth-order valence-electron chi connectivity index (χ4n) is 3.72. The highest BCUT2D eigenvalue weighted by atomic mass is 35.5. The van der Waals surface area contributed by atoms with E-state index in [2.05, 4.69) is 6.58 Å². The maximum atomic E-state index is 13.0. The topological polar surface area (TPSA) is 66.8 Å². The molecule has 3 rings (SSSR count). The van der Waals surface area contributed by atoms with Crippen LogP contribution in [0.3, 0.4) is 0 Å². The minimum absolute atomic E-state index is 0.0882. The third kappa shape index (κ3) is 2.42. The predicted octanol–water partition coefficient (Wildman–Crippen LogP) is 2.61. The van der Waals surface area contributed by atoms with Gasteiger partial charge in [0.05, 0.1) is 6.61 Å². The minimum atomic E-state index is -1.70. The molecule has 1 aliphatic carbocycles. The fourth-order valence-corrected chi connectivity index (χ4v) is 4.64. The SMILES string of the molecule is C=CC1=CCC2(Cl)C(=O)N(C)C(=O)C2(Cl)C1c1ccccc1OCCO. The number of hydrogen-bond acceptors (Lipinski definition) is 4. The van der Waals surface area contributed by atoms with Gasteiger partial charge in [0.15, 0.2) is 9.75 Å². The average molecular weight is 396 g/mol. The van der Waals surface area contributed by atoms with Crippen LogP contribution in [-0.4, -0.2) is 51.8 Å². The molecule has 26 heavy (non-hydrogen) atoms. The Labute approximate surface area is 161 Å². The van der Waals surface area contributed by atoms with Gasteiger partial charge in [0.2, 0.25) is 0 Å². The number of halogens is 2. The van der Waals surface area contributed by atoms with Gasteiger partial charge in [-0.1, -0.05) is 36.9 Å². The Hall–Kier alpha value is -1.82. The third-order valence-electron chi connectivity index (χ3n) is 5.00. The first-order valence-electron chi connectivity index (χ1n) is 8.18. The molecule has 2 amide bonds. The van der Waals surface area contributed by atoms with Gasteiger partial charge in [-0.25, -0.2) is 0 Å². The molecular formula is C19H19Cl2NO4. The fraction of sp³-hybridized carbons (Fsp3) is 0.368. The highest BCUT2D eigenvalue weighted by Gasteiger charge is 2.72. The Balaban J connectivity index is 2.23. The molecular weight excluding hydrogens is 377 g/mol. The number of allylic oxidation sites excluding steroid dienone is 3. The monoisotopic (exact) mass is 395 g/mol. The largest absolute Gasteiger partial charge is 0.491 e. The van der Waals surface area contributed by atoms with E-state index >= 15 is 0 Å². The normalized spacial score (nSPS) is 30.8. The summed E-state index contributed by atoms with van der Waals surface area (Å²) in [6.07, 6.45) is 3.53. The summed E-state index contributed by atoms with van der Waals surface area (Å²) in [4.78, 5) is 23.4. The average Bonchev–Trinajstić information content (AvgIpc) is 2.78. The number of alkyl halides is 2. The molecule has 0 aromatic heterocycles.